The fraction of sp³-hybridized carbons (Fsp3) is 0.381. The maximum absolute atomic E-state index is 10.4. The van der Waals surface area contributed by atoms with Crippen LogP contribution in [0, 0.1) is 0 Å². The molecule has 0 fully saturated rings. The maximum Gasteiger partial charge on any atom is 0.133 e. The van der Waals surface area contributed by atoms with E-state index in [0.29, 0.717) is 11.3 Å². The Kier molecular flexibility index (Phi) is 6.04. The third kappa shape index (κ3) is 4.13. The second-order valence-corrected chi connectivity index (χ2v) is 7.04. The van der Waals surface area contributed by atoms with Crippen LogP contribution in [0.3, 0.4) is 0 Å². The van der Waals surface area contributed by atoms with Crippen molar-refractivity contribution in [2.45, 2.75) is 44.7 Å². The Balaban J connectivity index is 1.88. The van der Waals surface area contributed by atoms with E-state index >= 15 is 0 Å². The lowest BCUT2D eigenvalue weighted by molar-refractivity contribution is 0.407. The topological polar surface area (TPSA) is 53.8 Å². The molecule has 0 aromatic heterocycles. The Bertz CT molecular complexity index is 774. The number of ether oxygens (including phenoxy) is 1. The van der Waals surface area contributed by atoms with Crippen LogP contribution >= 0.6 is 11.6 Å². The van der Waals surface area contributed by atoms with Gasteiger partial charge in [0.25, 0.3) is 0 Å². The van der Waals surface area contributed by atoms with Crippen LogP contribution in [0.4, 0.5) is 0 Å². The van der Waals surface area contributed by atoms with E-state index in [-0.39, 0.29) is 17.8 Å². The van der Waals surface area contributed by atoms with Gasteiger partial charge < -0.3 is 15.2 Å². The van der Waals surface area contributed by atoms with Gasteiger partial charge in [-0.2, -0.15) is 0 Å². The van der Waals surface area contributed by atoms with Gasteiger partial charge in [0.15, 0.2) is 0 Å². The molecule has 2 aromatic rings. The summed E-state index contributed by atoms with van der Waals surface area (Å²) in [6, 6.07) is 13.4. The molecule has 2 unspecified atom stereocenters. The summed E-state index contributed by atoms with van der Waals surface area (Å²) in [5.41, 5.74) is 1.83. The predicted molar refractivity (Wildman–Crippen MR) is 106 cm³/mol. The Morgan fingerprint density at radius 3 is 2.58 bits per heavy atom. The second-order valence-electron chi connectivity index (χ2n) is 6.60. The average molecular weight is 373 g/mol. The number of aromatic hydroxyl groups is 1. The Morgan fingerprint density at radius 2 is 1.92 bits per heavy atom. The van der Waals surface area contributed by atoms with E-state index in [1.807, 2.05) is 36.4 Å². The minimum atomic E-state index is 0.0145. The van der Waals surface area contributed by atoms with E-state index in [2.05, 4.69) is 12.2 Å². The number of benzene rings is 2. The molecule has 3 rings (SSSR count). The fourth-order valence-corrected chi connectivity index (χ4v) is 3.44. The highest BCUT2D eigenvalue weighted by atomic mass is 35.5. The van der Waals surface area contributed by atoms with E-state index in [0.717, 1.165) is 29.3 Å². The molecular weight excluding hydrogens is 348 g/mol. The summed E-state index contributed by atoms with van der Waals surface area (Å²) in [5, 5.41) is 14.6. The van der Waals surface area contributed by atoms with E-state index in [4.69, 9.17) is 21.3 Å². The van der Waals surface area contributed by atoms with Gasteiger partial charge in [0, 0.05) is 11.1 Å². The number of nitrogens with one attached hydrogen (secondary N) is 1. The number of nitrogens with zero attached hydrogens (tertiary/aromatic N) is 1. The molecule has 0 bridgehead atoms. The zero-order valence-electron chi connectivity index (χ0n) is 15.2. The summed E-state index contributed by atoms with van der Waals surface area (Å²) >= 11 is 6.03. The summed E-state index contributed by atoms with van der Waals surface area (Å²) < 4.78 is 5.17. The van der Waals surface area contributed by atoms with Crippen molar-refractivity contribution >= 4 is 17.4 Å². The predicted octanol–water partition coefficient (Wildman–Crippen LogP) is 5.09. The minimum absolute atomic E-state index is 0.0145. The molecule has 2 N–H and O–H groups in total. The van der Waals surface area contributed by atoms with Crippen molar-refractivity contribution in [3.05, 3.63) is 58.6 Å². The molecule has 26 heavy (non-hydrogen) atoms. The first-order chi connectivity index (χ1) is 12.6. The number of rotatable bonds is 7. The minimum Gasteiger partial charge on any atom is -0.507 e. The second kappa shape index (κ2) is 8.45. The standard InChI is InChI=1S/C21H25ClN2O2/c1-3-4-5-6-18-20(14-7-9-15(22)10-8-14)24-21(23-18)17-12-11-16(26-2)13-19(17)25/h7-13,18,20,25H,3-6H2,1-2H3,(H,23,24). The van der Waals surface area contributed by atoms with Gasteiger partial charge in [-0.1, -0.05) is 49.9 Å². The number of hydrogen-bond acceptors (Lipinski definition) is 4. The largest absolute Gasteiger partial charge is 0.507 e. The molecule has 1 aliphatic rings. The highest BCUT2D eigenvalue weighted by Crippen LogP contribution is 2.33. The van der Waals surface area contributed by atoms with Crippen molar-refractivity contribution < 1.29 is 9.84 Å². The number of amidine groups is 1. The van der Waals surface area contributed by atoms with Crippen molar-refractivity contribution in [1.82, 2.24) is 5.32 Å². The first-order valence-corrected chi connectivity index (χ1v) is 9.47. The monoisotopic (exact) mass is 372 g/mol. The number of methoxy groups -OCH3 is 1. The van der Waals surface area contributed by atoms with Gasteiger partial charge in [-0.3, -0.25) is 4.99 Å². The molecule has 2 aromatic carbocycles. The summed E-state index contributed by atoms with van der Waals surface area (Å²) in [6.07, 6.45) is 4.57. The van der Waals surface area contributed by atoms with E-state index in [9.17, 15) is 5.11 Å². The van der Waals surface area contributed by atoms with Crippen LogP contribution in [0.5, 0.6) is 11.5 Å². The highest BCUT2D eigenvalue weighted by Gasteiger charge is 2.31. The SMILES string of the molecule is CCCCCC1NC(c2ccc(OC)cc2O)=NC1c1ccc(Cl)cc1. The van der Waals surface area contributed by atoms with Gasteiger partial charge >= 0.3 is 0 Å². The summed E-state index contributed by atoms with van der Waals surface area (Å²) in [6.45, 7) is 2.20. The van der Waals surface area contributed by atoms with Crippen molar-refractivity contribution in [1.29, 1.82) is 0 Å². The summed E-state index contributed by atoms with van der Waals surface area (Å²) in [5.74, 6) is 1.52. The molecule has 4 nitrogen and oxygen atoms in total. The Morgan fingerprint density at radius 1 is 1.15 bits per heavy atom. The Labute approximate surface area is 159 Å². The molecule has 0 saturated heterocycles. The summed E-state index contributed by atoms with van der Waals surface area (Å²) in [7, 11) is 1.58. The van der Waals surface area contributed by atoms with Gasteiger partial charge in [-0.15, -0.1) is 0 Å². The average Bonchev–Trinajstić information content (AvgIpc) is 3.06. The van der Waals surface area contributed by atoms with E-state index in [1.165, 1.54) is 12.8 Å². The van der Waals surface area contributed by atoms with E-state index < -0.39 is 0 Å². The molecule has 0 radical (unpaired) electrons. The van der Waals surface area contributed by atoms with Crippen molar-refractivity contribution in [3.63, 3.8) is 0 Å². The van der Waals surface area contributed by atoms with Gasteiger partial charge in [0.05, 0.1) is 24.8 Å². The van der Waals surface area contributed by atoms with Crippen molar-refractivity contribution in [3.8, 4) is 11.5 Å². The molecule has 2 atom stereocenters. The lowest BCUT2D eigenvalue weighted by Gasteiger charge is -2.19. The van der Waals surface area contributed by atoms with Crippen LogP contribution < -0.4 is 10.1 Å². The lowest BCUT2D eigenvalue weighted by Crippen LogP contribution is -2.32. The molecule has 0 aliphatic carbocycles. The summed E-state index contributed by atoms with van der Waals surface area (Å²) in [4.78, 5) is 4.90. The molecule has 0 saturated carbocycles. The van der Waals surface area contributed by atoms with Crippen LogP contribution in [-0.4, -0.2) is 24.1 Å². The van der Waals surface area contributed by atoms with Gasteiger partial charge in [-0.05, 0) is 36.2 Å². The van der Waals surface area contributed by atoms with Gasteiger partial charge in [0.1, 0.15) is 17.3 Å². The van der Waals surface area contributed by atoms with Crippen LogP contribution in [-0.2, 0) is 0 Å². The van der Waals surface area contributed by atoms with Crippen LogP contribution in [0.1, 0.15) is 49.8 Å². The van der Waals surface area contributed by atoms with E-state index in [1.54, 1.807) is 13.2 Å². The molecule has 1 aliphatic heterocycles. The number of phenols is 1. The van der Waals surface area contributed by atoms with Crippen LogP contribution in [0.2, 0.25) is 5.02 Å². The Hall–Kier alpha value is -2.20. The third-order valence-electron chi connectivity index (χ3n) is 4.76. The number of hydrogen-bond donors (Lipinski definition) is 2. The molecular formula is C21H25ClN2O2. The maximum atomic E-state index is 10.4. The van der Waals surface area contributed by atoms with Gasteiger partial charge in [-0.25, -0.2) is 0 Å². The molecule has 138 valence electrons. The van der Waals surface area contributed by atoms with Gasteiger partial charge in [0.2, 0.25) is 0 Å². The zero-order valence-corrected chi connectivity index (χ0v) is 16.0. The first kappa shape index (κ1) is 18.6. The lowest BCUT2D eigenvalue weighted by atomic mass is 9.96. The first-order valence-electron chi connectivity index (χ1n) is 9.09. The smallest absolute Gasteiger partial charge is 0.133 e. The van der Waals surface area contributed by atoms with Crippen LogP contribution in [0.25, 0.3) is 0 Å². The molecule has 0 amide bonds. The molecule has 5 heteroatoms. The quantitative estimate of drug-likeness (QED) is 0.665. The number of unbranched alkanes of at least 4 members (excludes halogenated alkanes) is 2. The zero-order chi connectivity index (χ0) is 18.5. The fourth-order valence-electron chi connectivity index (χ4n) is 3.32. The number of phenolic OH excluding ortho intramolecular Hbond substituents is 1. The van der Waals surface area contributed by atoms with Crippen molar-refractivity contribution in [2.24, 2.45) is 4.99 Å². The van der Waals surface area contributed by atoms with Crippen molar-refractivity contribution in [2.75, 3.05) is 7.11 Å². The van der Waals surface area contributed by atoms with Crippen LogP contribution in [0.15, 0.2) is 47.5 Å². The third-order valence-corrected chi connectivity index (χ3v) is 5.01. The number of halogens is 1. The normalized spacial score (nSPS) is 19.1. The molecule has 1 heterocycles. The number of aliphatic imine (C=N–C) groups is 1. The molecule has 0 spiro atoms. The highest BCUT2D eigenvalue weighted by molar-refractivity contribution is 6.30.